The number of halogens is 1. The molecule has 3 atom stereocenters. The normalized spacial score (nSPS) is 27.0. The average Bonchev–Trinajstić information content (AvgIpc) is 2.76. The maximum atomic E-state index is 9.41. The first kappa shape index (κ1) is 13.5. The molecule has 0 aromatic carbocycles. The molecule has 0 saturated heterocycles. The molecule has 0 spiro atoms. The molecule has 3 unspecified atom stereocenters. The number of aliphatic hydroxyl groups is 1. The molecule has 2 rings (SSSR count). The summed E-state index contributed by atoms with van der Waals surface area (Å²) in [5.74, 6) is 0.435. The summed E-state index contributed by atoms with van der Waals surface area (Å²) in [6.45, 7) is 2.52. The van der Waals surface area contributed by atoms with Crippen molar-refractivity contribution in [3.63, 3.8) is 0 Å². The Bertz CT molecular complexity index is 355. The van der Waals surface area contributed by atoms with Crippen molar-refractivity contribution in [3.8, 4) is 0 Å². The van der Waals surface area contributed by atoms with Crippen LogP contribution >= 0.6 is 27.3 Å². The van der Waals surface area contributed by atoms with Gasteiger partial charge in [-0.3, -0.25) is 0 Å². The van der Waals surface area contributed by atoms with Gasteiger partial charge in [0.1, 0.15) is 0 Å². The predicted octanol–water partition coefficient (Wildman–Crippen LogP) is 3.71. The molecule has 0 bridgehead atoms. The first-order valence-electron chi connectivity index (χ1n) is 6.32. The van der Waals surface area contributed by atoms with Gasteiger partial charge in [0, 0.05) is 28.0 Å². The fourth-order valence-corrected chi connectivity index (χ4v) is 4.39. The summed E-state index contributed by atoms with van der Waals surface area (Å²) in [7, 11) is 0. The van der Waals surface area contributed by atoms with E-state index in [0.717, 1.165) is 6.42 Å². The third kappa shape index (κ3) is 3.31. The maximum Gasteiger partial charge on any atom is 0.0474 e. The Labute approximate surface area is 116 Å². The van der Waals surface area contributed by atoms with Crippen LogP contribution in [0.5, 0.6) is 0 Å². The minimum absolute atomic E-state index is 0.315. The SMILES string of the molecule is CC(NC1CCCCC1CO)c1sccc1Br. The monoisotopic (exact) mass is 317 g/mol. The molecule has 1 aliphatic rings. The number of nitrogens with one attached hydrogen (secondary N) is 1. The Morgan fingerprint density at radius 3 is 2.94 bits per heavy atom. The summed E-state index contributed by atoms with van der Waals surface area (Å²) in [6, 6.07) is 2.93. The van der Waals surface area contributed by atoms with E-state index in [0.29, 0.717) is 24.6 Å². The highest BCUT2D eigenvalue weighted by Crippen LogP contribution is 2.31. The van der Waals surface area contributed by atoms with Crippen molar-refractivity contribution in [2.75, 3.05) is 6.61 Å². The van der Waals surface area contributed by atoms with Crippen LogP contribution in [0.25, 0.3) is 0 Å². The van der Waals surface area contributed by atoms with E-state index in [1.807, 2.05) is 0 Å². The third-order valence-electron chi connectivity index (χ3n) is 3.65. The smallest absolute Gasteiger partial charge is 0.0474 e. The minimum Gasteiger partial charge on any atom is -0.396 e. The van der Waals surface area contributed by atoms with Crippen LogP contribution in [-0.4, -0.2) is 17.8 Å². The number of aliphatic hydroxyl groups excluding tert-OH is 1. The molecule has 1 aliphatic carbocycles. The molecule has 1 fully saturated rings. The predicted molar refractivity (Wildman–Crippen MR) is 76.4 cm³/mol. The summed E-state index contributed by atoms with van der Waals surface area (Å²) in [5.41, 5.74) is 0. The van der Waals surface area contributed by atoms with Gasteiger partial charge >= 0.3 is 0 Å². The molecular weight excluding hydrogens is 298 g/mol. The quantitative estimate of drug-likeness (QED) is 0.887. The van der Waals surface area contributed by atoms with Crippen LogP contribution in [0.15, 0.2) is 15.9 Å². The topological polar surface area (TPSA) is 32.3 Å². The van der Waals surface area contributed by atoms with Crippen molar-refractivity contribution in [2.24, 2.45) is 5.92 Å². The molecule has 2 nitrogen and oxygen atoms in total. The van der Waals surface area contributed by atoms with Gasteiger partial charge in [-0.05, 0) is 53.1 Å². The fourth-order valence-electron chi connectivity index (χ4n) is 2.66. The van der Waals surface area contributed by atoms with Crippen LogP contribution in [-0.2, 0) is 0 Å². The van der Waals surface area contributed by atoms with E-state index in [4.69, 9.17) is 0 Å². The fraction of sp³-hybridized carbons (Fsp3) is 0.692. The van der Waals surface area contributed by atoms with E-state index in [9.17, 15) is 5.11 Å². The van der Waals surface area contributed by atoms with Crippen molar-refractivity contribution >= 4 is 27.3 Å². The lowest BCUT2D eigenvalue weighted by Crippen LogP contribution is -2.41. The highest BCUT2D eigenvalue weighted by molar-refractivity contribution is 9.10. The zero-order valence-electron chi connectivity index (χ0n) is 10.2. The Morgan fingerprint density at radius 2 is 2.29 bits per heavy atom. The molecule has 1 heterocycles. The molecular formula is C13H20BrNOS. The van der Waals surface area contributed by atoms with Crippen LogP contribution in [0.4, 0.5) is 0 Å². The second kappa shape index (κ2) is 6.32. The Balaban J connectivity index is 1.97. The zero-order chi connectivity index (χ0) is 12.3. The lowest BCUT2D eigenvalue weighted by atomic mass is 9.84. The van der Waals surface area contributed by atoms with Crippen molar-refractivity contribution in [2.45, 2.75) is 44.7 Å². The minimum atomic E-state index is 0.315. The van der Waals surface area contributed by atoms with E-state index in [1.54, 1.807) is 11.3 Å². The highest BCUT2D eigenvalue weighted by Gasteiger charge is 2.26. The molecule has 4 heteroatoms. The third-order valence-corrected chi connectivity index (χ3v) is 5.70. The van der Waals surface area contributed by atoms with Gasteiger partial charge in [0.25, 0.3) is 0 Å². The van der Waals surface area contributed by atoms with Crippen LogP contribution < -0.4 is 5.32 Å². The van der Waals surface area contributed by atoms with E-state index < -0.39 is 0 Å². The standard InChI is InChI=1S/C13H20BrNOS/c1-9(13-11(14)6-7-17-13)15-12-5-3-2-4-10(12)8-16/h6-7,9-10,12,15-16H,2-5,8H2,1H3. The number of hydrogen-bond acceptors (Lipinski definition) is 3. The molecule has 1 saturated carbocycles. The van der Waals surface area contributed by atoms with E-state index in [1.165, 1.54) is 28.6 Å². The van der Waals surface area contributed by atoms with Gasteiger partial charge in [0.05, 0.1) is 0 Å². The summed E-state index contributed by atoms with van der Waals surface area (Å²) < 4.78 is 1.19. The first-order chi connectivity index (χ1) is 8.22. The Hall–Kier alpha value is 0.100. The molecule has 0 amide bonds. The van der Waals surface area contributed by atoms with Crippen LogP contribution in [0, 0.1) is 5.92 Å². The Kier molecular flexibility index (Phi) is 5.03. The van der Waals surface area contributed by atoms with Gasteiger partial charge in [-0.25, -0.2) is 0 Å². The van der Waals surface area contributed by atoms with Crippen molar-refractivity contribution in [3.05, 3.63) is 20.8 Å². The maximum absolute atomic E-state index is 9.41. The van der Waals surface area contributed by atoms with E-state index >= 15 is 0 Å². The molecule has 1 aromatic rings. The number of hydrogen-bond donors (Lipinski definition) is 2. The van der Waals surface area contributed by atoms with E-state index in [-0.39, 0.29) is 0 Å². The van der Waals surface area contributed by atoms with Gasteiger partial charge in [-0.1, -0.05) is 12.8 Å². The summed E-state index contributed by atoms with van der Waals surface area (Å²) in [4.78, 5) is 1.35. The first-order valence-corrected chi connectivity index (χ1v) is 7.99. The van der Waals surface area contributed by atoms with E-state index in [2.05, 4.69) is 39.6 Å². The number of rotatable bonds is 4. The summed E-state index contributed by atoms with van der Waals surface area (Å²) in [6.07, 6.45) is 4.90. The van der Waals surface area contributed by atoms with Gasteiger partial charge in [-0.15, -0.1) is 11.3 Å². The molecule has 2 N–H and O–H groups in total. The van der Waals surface area contributed by atoms with Crippen molar-refractivity contribution in [1.29, 1.82) is 0 Å². The number of thiophene rings is 1. The van der Waals surface area contributed by atoms with Gasteiger partial charge in [-0.2, -0.15) is 0 Å². The lowest BCUT2D eigenvalue weighted by Gasteiger charge is -2.33. The summed E-state index contributed by atoms with van der Waals surface area (Å²) >= 11 is 5.37. The second-order valence-corrected chi connectivity index (χ2v) is 6.66. The molecule has 17 heavy (non-hydrogen) atoms. The largest absolute Gasteiger partial charge is 0.396 e. The van der Waals surface area contributed by atoms with Crippen molar-refractivity contribution in [1.82, 2.24) is 5.32 Å². The summed E-state index contributed by atoms with van der Waals surface area (Å²) in [5, 5.41) is 15.2. The Morgan fingerprint density at radius 1 is 1.53 bits per heavy atom. The molecule has 0 radical (unpaired) electrons. The van der Waals surface area contributed by atoms with Crippen LogP contribution in [0.2, 0.25) is 0 Å². The highest BCUT2D eigenvalue weighted by atomic mass is 79.9. The molecule has 0 aliphatic heterocycles. The second-order valence-electron chi connectivity index (χ2n) is 4.85. The van der Waals surface area contributed by atoms with Crippen molar-refractivity contribution < 1.29 is 5.11 Å². The van der Waals surface area contributed by atoms with Crippen LogP contribution in [0.1, 0.15) is 43.5 Å². The zero-order valence-corrected chi connectivity index (χ0v) is 12.6. The van der Waals surface area contributed by atoms with Crippen LogP contribution in [0.3, 0.4) is 0 Å². The molecule has 96 valence electrons. The average molecular weight is 318 g/mol. The van der Waals surface area contributed by atoms with Gasteiger partial charge in [0.15, 0.2) is 0 Å². The van der Waals surface area contributed by atoms with Gasteiger partial charge in [0.2, 0.25) is 0 Å². The van der Waals surface area contributed by atoms with Gasteiger partial charge < -0.3 is 10.4 Å². The molecule has 1 aromatic heterocycles. The lowest BCUT2D eigenvalue weighted by molar-refractivity contribution is 0.147.